The minimum absolute atomic E-state index is 0.278. The summed E-state index contributed by atoms with van der Waals surface area (Å²) in [6.07, 6.45) is 1.75. The highest BCUT2D eigenvalue weighted by Crippen LogP contribution is 2.25. The van der Waals surface area contributed by atoms with Crippen molar-refractivity contribution < 1.29 is 8.78 Å². The molecule has 0 aliphatic rings. The van der Waals surface area contributed by atoms with Crippen LogP contribution in [0.1, 0.15) is 11.1 Å². The van der Waals surface area contributed by atoms with E-state index in [1.807, 2.05) is 24.3 Å². The molecule has 4 aromatic rings. The molecule has 0 aliphatic carbocycles. The van der Waals surface area contributed by atoms with Crippen molar-refractivity contribution in [3.8, 4) is 5.69 Å². The van der Waals surface area contributed by atoms with Gasteiger partial charge in [0.1, 0.15) is 11.6 Å². The largest absolute Gasteiger partial charge is 0.388 e. The van der Waals surface area contributed by atoms with E-state index in [0.717, 1.165) is 27.8 Å². The molecule has 0 saturated carbocycles. The maximum absolute atomic E-state index is 14.2. The SMILES string of the molecule is C=C(NCc1ccc(NC)cc1F)c1cccc2c1cnn2-c1ccc(F)cc1.N=O. The van der Waals surface area contributed by atoms with Gasteiger partial charge in [0.15, 0.2) is 0 Å². The molecule has 31 heavy (non-hydrogen) atoms. The minimum Gasteiger partial charge on any atom is -0.388 e. The number of rotatable bonds is 6. The van der Waals surface area contributed by atoms with Crippen molar-refractivity contribution in [1.82, 2.24) is 15.1 Å². The number of halogens is 2. The summed E-state index contributed by atoms with van der Waals surface area (Å²) in [5, 5.41) is 11.5. The van der Waals surface area contributed by atoms with Crippen molar-refractivity contribution >= 4 is 22.3 Å². The molecule has 0 bridgehead atoms. The number of nitrogens with one attached hydrogen (secondary N) is 3. The summed E-state index contributed by atoms with van der Waals surface area (Å²) in [6, 6.07) is 17.0. The van der Waals surface area contributed by atoms with Crippen molar-refractivity contribution in [2.75, 3.05) is 12.4 Å². The number of nitroso groups, excluding NO2 is 1. The molecule has 0 fully saturated rings. The van der Waals surface area contributed by atoms with Crippen LogP contribution in [0.25, 0.3) is 22.3 Å². The van der Waals surface area contributed by atoms with E-state index in [1.54, 1.807) is 36.1 Å². The van der Waals surface area contributed by atoms with Crippen molar-refractivity contribution in [2.45, 2.75) is 6.54 Å². The number of aromatic nitrogens is 2. The predicted molar refractivity (Wildman–Crippen MR) is 119 cm³/mol. The smallest absolute Gasteiger partial charge is 0.130 e. The lowest BCUT2D eigenvalue weighted by molar-refractivity contribution is 0.605. The Morgan fingerprint density at radius 1 is 1.10 bits per heavy atom. The quantitative estimate of drug-likeness (QED) is 0.362. The fourth-order valence-electron chi connectivity index (χ4n) is 3.25. The second kappa shape index (κ2) is 9.62. The first-order valence-electron chi connectivity index (χ1n) is 9.39. The van der Waals surface area contributed by atoms with Gasteiger partial charge in [-0.15, -0.1) is 0 Å². The summed E-state index contributed by atoms with van der Waals surface area (Å²) in [4.78, 5) is 7.50. The first-order valence-corrected chi connectivity index (χ1v) is 9.39. The van der Waals surface area contributed by atoms with Crippen LogP contribution in [0.15, 0.2) is 73.4 Å². The second-order valence-electron chi connectivity index (χ2n) is 6.66. The van der Waals surface area contributed by atoms with E-state index in [-0.39, 0.29) is 11.6 Å². The first kappa shape index (κ1) is 21.6. The summed E-state index contributed by atoms with van der Waals surface area (Å²) in [5.41, 5.74) is 8.97. The zero-order valence-electron chi connectivity index (χ0n) is 16.8. The average molecular weight is 421 g/mol. The average Bonchev–Trinajstić information content (AvgIpc) is 3.24. The predicted octanol–water partition coefficient (Wildman–Crippen LogP) is 5.44. The van der Waals surface area contributed by atoms with Crippen LogP contribution in [-0.2, 0) is 6.54 Å². The molecule has 0 radical (unpaired) electrons. The molecular weight excluding hydrogens is 400 g/mol. The van der Waals surface area contributed by atoms with Gasteiger partial charge in [-0.05, 0) is 42.5 Å². The molecule has 0 spiro atoms. The molecule has 8 heteroatoms. The van der Waals surface area contributed by atoms with E-state index >= 15 is 0 Å². The van der Waals surface area contributed by atoms with Gasteiger partial charge >= 0.3 is 0 Å². The Morgan fingerprint density at radius 2 is 1.84 bits per heavy atom. The maximum atomic E-state index is 14.2. The highest BCUT2D eigenvalue weighted by molar-refractivity contribution is 5.91. The van der Waals surface area contributed by atoms with Crippen LogP contribution in [0.2, 0.25) is 0 Å². The van der Waals surface area contributed by atoms with Crippen LogP contribution in [0.3, 0.4) is 0 Å². The Labute approximate surface area is 178 Å². The molecule has 6 nitrogen and oxygen atoms in total. The summed E-state index contributed by atoms with van der Waals surface area (Å²) < 4.78 is 29.2. The molecule has 1 heterocycles. The Bertz CT molecular complexity index is 1200. The highest BCUT2D eigenvalue weighted by Gasteiger charge is 2.11. The monoisotopic (exact) mass is 421 g/mol. The van der Waals surface area contributed by atoms with Gasteiger partial charge in [0.05, 0.1) is 17.4 Å². The van der Waals surface area contributed by atoms with E-state index in [0.29, 0.717) is 17.8 Å². The Hall–Kier alpha value is -4.07. The molecular formula is C23H21F2N5O. The number of anilines is 1. The van der Waals surface area contributed by atoms with Gasteiger partial charge in [-0.1, -0.05) is 30.4 Å². The van der Waals surface area contributed by atoms with Gasteiger partial charge in [0, 0.05) is 41.5 Å². The van der Waals surface area contributed by atoms with Crippen LogP contribution >= 0.6 is 0 Å². The van der Waals surface area contributed by atoms with Crippen molar-refractivity contribution in [1.29, 1.82) is 5.59 Å². The Kier molecular flexibility index (Phi) is 6.71. The van der Waals surface area contributed by atoms with E-state index < -0.39 is 0 Å². The van der Waals surface area contributed by atoms with Crippen LogP contribution in [-0.4, -0.2) is 16.8 Å². The summed E-state index contributed by atoms with van der Waals surface area (Å²) in [6.45, 7) is 4.43. The number of benzene rings is 3. The van der Waals surface area contributed by atoms with Gasteiger partial charge < -0.3 is 10.6 Å². The van der Waals surface area contributed by atoms with Gasteiger partial charge in [-0.25, -0.2) is 13.5 Å². The number of hydrogen-bond acceptors (Lipinski definition) is 5. The van der Waals surface area contributed by atoms with Crippen LogP contribution in [0.5, 0.6) is 0 Å². The van der Waals surface area contributed by atoms with Gasteiger partial charge in [-0.2, -0.15) is 10.0 Å². The standard InChI is InChI=1S/C23H20F2N4.HNO/c1-15(27-13-16-6-9-18(26-2)12-22(16)25)20-4-3-5-23-21(20)14-28-29(23)19-10-7-17(24)8-11-19;1-2/h3-12,14,26-27H,1,13H2,2H3;1H. The highest BCUT2D eigenvalue weighted by atomic mass is 19.1. The van der Waals surface area contributed by atoms with Crippen molar-refractivity contribution in [3.63, 3.8) is 0 Å². The van der Waals surface area contributed by atoms with Gasteiger partial charge in [-0.3, -0.25) is 0 Å². The lowest BCUT2D eigenvalue weighted by atomic mass is 10.1. The maximum Gasteiger partial charge on any atom is 0.130 e. The molecule has 0 aliphatic heterocycles. The Balaban J connectivity index is 0.00000132. The van der Waals surface area contributed by atoms with E-state index in [9.17, 15) is 8.78 Å². The second-order valence-corrected chi connectivity index (χ2v) is 6.66. The van der Waals surface area contributed by atoms with E-state index in [1.165, 1.54) is 18.2 Å². The van der Waals surface area contributed by atoms with Gasteiger partial charge in [0.25, 0.3) is 0 Å². The van der Waals surface area contributed by atoms with Crippen LogP contribution < -0.4 is 10.6 Å². The molecule has 3 aromatic carbocycles. The third kappa shape index (κ3) is 4.58. The lowest BCUT2D eigenvalue weighted by Crippen LogP contribution is -2.12. The summed E-state index contributed by atoms with van der Waals surface area (Å²) in [7, 11) is 1.75. The molecule has 1 aromatic heterocycles. The van der Waals surface area contributed by atoms with Crippen LogP contribution in [0, 0.1) is 22.1 Å². The van der Waals surface area contributed by atoms with Crippen molar-refractivity contribution in [3.05, 3.63) is 101 Å². The zero-order valence-corrected chi connectivity index (χ0v) is 16.8. The molecule has 3 N–H and O–H groups in total. The molecule has 4 rings (SSSR count). The summed E-state index contributed by atoms with van der Waals surface area (Å²) in [5.74, 6) is -0.571. The molecule has 0 atom stereocenters. The van der Waals surface area contributed by atoms with E-state index in [4.69, 9.17) is 4.91 Å². The first-order chi connectivity index (χ1) is 15.1. The normalized spacial score (nSPS) is 10.3. The number of hydrogen-bond donors (Lipinski definition) is 3. The van der Waals surface area contributed by atoms with Gasteiger partial charge in [0.2, 0.25) is 0 Å². The third-order valence-corrected chi connectivity index (χ3v) is 4.84. The Morgan fingerprint density at radius 3 is 2.52 bits per heavy atom. The molecule has 0 saturated heterocycles. The fourth-order valence-corrected chi connectivity index (χ4v) is 3.25. The molecule has 0 amide bonds. The number of nitrogens with zero attached hydrogens (tertiary/aromatic N) is 2. The zero-order chi connectivity index (χ0) is 22.4. The molecule has 158 valence electrons. The van der Waals surface area contributed by atoms with E-state index in [2.05, 4.69) is 27.9 Å². The van der Waals surface area contributed by atoms with Crippen LogP contribution in [0.4, 0.5) is 14.5 Å². The lowest BCUT2D eigenvalue weighted by Gasteiger charge is -2.12. The van der Waals surface area contributed by atoms with Crippen molar-refractivity contribution in [2.24, 2.45) is 0 Å². The fraction of sp³-hybridized carbons (Fsp3) is 0.0870. The molecule has 0 unspecified atom stereocenters. The number of fused-ring (bicyclic) bond motifs is 1. The summed E-state index contributed by atoms with van der Waals surface area (Å²) >= 11 is 0. The topological polar surface area (TPSA) is 82.8 Å². The minimum atomic E-state index is -0.293. The third-order valence-electron chi connectivity index (χ3n) is 4.84.